The van der Waals surface area contributed by atoms with Crippen LogP contribution in [0.25, 0.3) is 0 Å². The number of carbonyl (C=O) groups is 1. The molecule has 22 heavy (non-hydrogen) atoms. The zero-order valence-corrected chi connectivity index (χ0v) is 12.5. The number of amides is 1. The zero-order chi connectivity index (χ0) is 15.7. The molecule has 0 saturated carbocycles. The summed E-state index contributed by atoms with van der Waals surface area (Å²) in [6, 6.07) is 14.3. The lowest BCUT2D eigenvalue weighted by Crippen LogP contribution is -2.63. The number of nitrogens with zero attached hydrogens (tertiary/aromatic N) is 1. The van der Waals surface area contributed by atoms with Crippen molar-refractivity contribution in [2.75, 3.05) is 19.1 Å². The van der Waals surface area contributed by atoms with Crippen LogP contribution in [0, 0.1) is 0 Å². The van der Waals surface area contributed by atoms with Crippen LogP contribution in [0.4, 0.5) is 5.69 Å². The molecule has 1 aliphatic rings. The van der Waals surface area contributed by atoms with Gasteiger partial charge in [0.25, 0.3) is 0 Å². The number of benzene rings is 2. The lowest BCUT2D eigenvalue weighted by molar-refractivity contribution is -0.126. The van der Waals surface area contributed by atoms with Crippen molar-refractivity contribution >= 4 is 11.6 Å². The average molecular weight is 298 g/mol. The summed E-state index contributed by atoms with van der Waals surface area (Å²) < 4.78 is 10.4. The van der Waals surface area contributed by atoms with Gasteiger partial charge >= 0.3 is 0 Å². The molecular weight excluding hydrogens is 280 g/mol. The number of nitrogens with two attached hydrogens (primary N) is 1. The van der Waals surface area contributed by atoms with Gasteiger partial charge in [0, 0.05) is 11.8 Å². The highest BCUT2D eigenvalue weighted by atomic mass is 16.5. The number of ether oxygens (including phenoxy) is 2. The van der Waals surface area contributed by atoms with Gasteiger partial charge in [0.05, 0.1) is 20.3 Å². The summed E-state index contributed by atoms with van der Waals surface area (Å²) in [5.74, 6) is 1.39. The summed E-state index contributed by atoms with van der Waals surface area (Å²) in [6.45, 7) is 0. The minimum absolute atomic E-state index is 0.0888. The maximum absolute atomic E-state index is 12.2. The molecule has 2 atom stereocenters. The Labute approximate surface area is 129 Å². The molecule has 0 aromatic heterocycles. The summed E-state index contributed by atoms with van der Waals surface area (Å²) >= 11 is 0. The van der Waals surface area contributed by atoms with E-state index in [1.165, 1.54) is 0 Å². The van der Waals surface area contributed by atoms with Crippen LogP contribution in [0.2, 0.25) is 0 Å². The molecule has 2 N–H and O–H groups in total. The van der Waals surface area contributed by atoms with Crippen molar-refractivity contribution in [2.24, 2.45) is 5.73 Å². The van der Waals surface area contributed by atoms with Gasteiger partial charge in [0.15, 0.2) is 0 Å². The first-order chi connectivity index (χ1) is 10.7. The highest BCUT2D eigenvalue weighted by molar-refractivity contribution is 6.05. The van der Waals surface area contributed by atoms with Gasteiger partial charge in [-0.1, -0.05) is 18.2 Å². The Hall–Kier alpha value is -2.53. The van der Waals surface area contributed by atoms with Crippen LogP contribution in [0.15, 0.2) is 48.5 Å². The van der Waals surface area contributed by atoms with E-state index in [0.29, 0.717) is 5.75 Å². The lowest BCUT2D eigenvalue weighted by Gasteiger charge is -2.45. The first-order valence-corrected chi connectivity index (χ1v) is 7.02. The van der Waals surface area contributed by atoms with E-state index in [-0.39, 0.29) is 11.9 Å². The second-order valence-corrected chi connectivity index (χ2v) is 5.15. The molecule has 1 aliphatic heterocycles. The minimum atomic E-state index is -0.528. The van der Waals surface area contributed by atoms with Crippen LogP contribution < -0.4 is 20.1 Å². The predicted octanol–water partition coefficient (Wildman–Crippen LogP) is 2.12. The number of anilines is 1. The number of β-lactam (4-membered cyclic amide) rings is 1. The minimum Gasteiger partial charge on any atom is -0.497 e. The van der Waals surface area contributed by atoms with E-state index in [9.17, 15) is 4.79 Å². The predicted molar refractivity (Wildman–Crippen MR) is 84.2 cm³/mol. The third-order valence-electron chi connectivity index (χ3n) is 3.93. The quantitative estimate of drug-likeness (QED) is 0.878. The Morgan fingerprint density at radius 3 is 2.32 bits per heavy atom. The van der Waals surface area contributed by atoms with Crippen molar-refractivity contribution in [1.82, 2.24) is 0 Å². The van der Waals surface area contributed by atoms with E-state index in [1.807, 2.05) is 48.5 Å². The molecule has 0 bridgehead atoms. The van der Waals surface area contributed by atoms with Crippen LogP contribution in [-0.2, 0) is 4.79 Å². The Balaban J connectivity index is 1.93. The van der Waals surface area contributed by atoms with Gasteiger partial charge in [-0.25, -0.2) is 0 Å². The van der Waals surface area contributed by atoms with Gasteiger partial charge in [-0.05, 0) is 29.8 Å². The summed E-state index contributed by atoms with van der Waals surface area (Å²) in [5, 5.41) is 0. The van der Waals surface area contributed by atoms with Gasteiger partial charge in [0.2, 0.25) is 5.91 Å². The maximum Gasteiger partial charge on any atom is 0.247 e. The van der Waals surface area contributed by atoms with Gasteiger partial charge in [-0.15, -0.1) is 0 Å². The molecule has 0 aliphatic carbocycles. The molecule has 0 spiro atoms. The van der Waals surface area contributed by atoms with Crippen molar-refractivity contribution in [3.8, 4) is 11.5 Å². The number of methoxy groups -OCH3 is 2. The molecule has 0 radical (unpaired) electrons. The van der Waals surface area contributed by atoms with Crippen molar-refractivity contribution in [2.45, 2.75) is 12.1 Å². The normalized spacial score (nSPS) is 20.5. The van der Waals surface area contributed by atoms with E-state index in [4.69, 9.17) is 15.2 Å². The molecule has 2 aromatic carbocycles. The second kappa shape index (κ2) is 5.69. The van der Waals surface area contributed by atoms with E-state index in [2.05, 4.69) is 0 Å². The van der Waals surface area contributed by atoms with Crippen molar-refractivity contribution in [3.05, 3.63) is 54.1 Å². The summed E-state index contributed by atoms with van der Waals surface area (Å²) in [6.07, 6.45) is 0. The van der Waals surface area contributed by atoms with Crippen LogP contribution in [-0.4, -0.2) is 26.2 Å². The van der Waals surface area contributed by atoms with Gasteiger partial charge in [0.1, 0.15) is 17.5 Å². The highest BCUT2D eigenvalue weighted by Crippen LogP contribution is 2.39. The molecule has 114 valence electrons. The zero-order valence-electron chi connectivity index (χ0n) is 12.5. The topological polar surface area (TPSA) is 64.8 Å². The monoisotopic (exact) mass is 298 g/mol. The van der Waals surface area contributed by atoms with Crippen molar-refractivity contribution in [3.63, 3.8) is 0 Å². The highest BCUT2D eigenvalue weighted by Gasteiger charge is 2.46. The molecule has 1 heterocycles. The summed E-state index contributed by atoms with van der Waals surface area (Å²) in [4.78, 5) is 13.9. The third kappa shape index (κ3) is 2.29. The first kappa shape index (κ1) is 14.4. The average Bonchev–Trinajstić information content (AvgIpc) is 2.58. The van der Waals surface area contributed by atoms with E-state index < -0.39 is 6.04 Å². The Morgan fingerprint density at radius 2 is 1.68 bits per heavy atom. The molecule has 1 saturated heterocycles. The fourth-order valence-electron chi connectivity index (χ4n) is 2.72. The van der Waals surface area contributed by atoms with Crippen LogP contribution in [0.1, 0.15) is 11.6 Å². The summed E-state index contributed by atoms with van der Waals surface area (Å²) in [7, 11) is 3.22. The number of rotatable bonds is 4. The lowest BCUT2D eigenvalue weighted by atomic mass is 9.88. The number of hydrogen-bond acceptors (Lipinski definition) is 4. The van der Waals surface area contributed by atoms with Crippen molar-refractivity contribution < 1.29 is 14.3 Å². The van der Waals surface area contributed by atoms with Gasteiger partial charge < -0.3 is 20.1 Å². The molecule has 0 unspecified atom stereocenters. The fourth-order valence-corrected chi connectivity index (χ4v) is 2.72. The molecular formula is C17H18N2O3. The second-order valence-electron chi connectivity index (χ2n) is 5.15. The molecule has 1 fully saturated rings. The maximum atomic E-state index is 12.2. The van der Waals surface area contributed by atoms with Crippen LogP contribution in [0.3, 0.4) is 0 Å². The number of carbonyl (C=O) groups excluding carboxylic acids is 1. The van der Waals surface area contributed by atoms with Gasteiger partial charge in [-0.2, -0.15) is 0 Å². The van der Waals surface area contributed by atoms with Crippen LogP contribution >= 0.6 is 0 Å². The third-order valence-corrected chi connectivity index (χ3v) is 3.93. The van der Waals surface area contributed by atoms with E-state index >= 15 is 0 Å². The number of hydrogen-bond donors (Lipinski definition) is 1. The van der Waals surface area contributed by atoms with E-state index in [0.717, 1.165) is 17.0 Å². The molecule has 5 nitrogen and oxygen atoms in total. The molecule has 2 aromatic rings. The molecule has 3 rings (SSSR count). The fraction of sp³-hybridized carbons (Fsp3) is 0.235. The Kier molecular flexibility index (Phi) is 3.73. The van der Waals surface area contributed by atoms with Crippen LogP contribution in [0.5, 0.6) is 11.5 Å². The van der Waals surface area contributed by atoms with E-state index in [1.54, 1.807) is 19.1 Å². The first-order valence-electron chi connectivity index (χ1n) is 7.02. The summed E-state index contributed by atoms with van der Waals surface area (Å²) in [5.41, 5.74) is 7.78. The Morgan fingerprint density at radius 1 is 1.00 bits per heavy atom. The van der Waals surface area contributed by atoms with Gasteiger partial charge in [-0.3, -0.25) is 4.79 Å². The Bertz CT molecular complexity index is 685. The molecule has 5 heteroatoms. The molecule has 1 amide bonds. The standard InChI is InChI=1S/C17H18N2O3/c1-21-13-8-6-11(7-9-13)16-15(18)17(20)19(16)12-4-3-5-14(10-12)22-2/h3-10,15-16H,18H2,1-2H3/t15-,16+/m1/s1. The largest absolute Gasteiger partial charge is 0.497 e. The van der Waals surface area contributed by atoms with Crippen molar-refractivity contribution in [1.29, 1.82) is 0 Å². The smallest absolute Gasteiger partial charge is 0.247 e. The SMILES string of the molecule is COc1ccc([C@H]2[C@@H](N)C(=O)N2c2cccc(OC)c2)cc1.